The molecule has 5 heteroatoms. The quantitative estimate of drug-likeness (QED) is 0.509. The highest BCUT2D eigenvalue weighted by molar-refractivity contribution is 9.11. The van der Waals surface area contributed by atoms with Crippen LogP contribution in [0.5, 0.6) is 0 Å². The lowest BCUT2D eigenvalue weighted by molar-refractivity contribution is 0.530. The summed E-state index contributed by atoms with van der Waals surface area (Å²) in [6.45, 7) is 3.22. The first-order valence-corrected chi connectivity index (χ1v) is 9.78. The Kier molecular flexibility index (Phi) is 6.75. The van der Waals surface area contributed by atoms with E-state index in [1.807, 2.05) is 0 Å². The summed E-state index contributed by atoms with van der Waals surface area (Å²) < 4.78 is 3.48. The molecule has 108 valence electrons. The van der Waals surface area contributed by atoms with E-state index in [-0.39, 0.29) is 0 Å². The Labute approximate surface area is 149 Å². The minimum atomic E-state index is 0.316. The van der Waals surface area contributed by atoms with E-state index in [2.05, 4.69) is 89.7 Å². The third-order valence-corrected chi connectivity index (χ3v) is 6.22. The van der Waals surface area contributed by atoms with Gasteiger partial charge in [0.05, 0.1) is 0 Å². The summed E-state index contributed by atoms with van der Waals surface area (Å²) >= 11 is 12.7. The molecule has 0 saturated carbocycles. The highest BCUT2D eigenvalue weighted by atomic mass is 79.9. The van der Waals surface area contributed by atoms with Gasteiger partial charge in [0.25, 0.3) is 0 Å². The SMILES string of the molecule is CCCNC(Cc1sccc1Br)c1cc(Br)ccc1Br. The molecular weight excluding hydrogens is 466 g/mol. The maximum Gasteiger partial charge on any atom is 0.0380 e. The minimum absolute atomic E-state index is 0.316. The molecule has 0 spiro atoms. The van der Waals surface area contributed by atoms with Gasteiger partial charge in [0, 0.05) is 30.8 Å². The van der Waals surface area contributed by atoms with Crippen LogP contribution >= 0.6 is 59.1 Å². The molecule has 2 rings (SSSR count). The molecule has 0 amide bonds. The van der Waals surface area contributed by atoms with Crippen LogP contribution in [0.2, 0.25) is 0 Å². The van der Waals surface area contributed by atoms with E-state index in [0.29, 0.717) is 6.04 Å². The van der Waals surface area contributed by atoms with Crippen molar-refractivity contribution in [2.24, 2.45) is 0 Å². The van der Waals surface area contributed by atoms with Crippen molar-refractivity contribution in [3.8, 4) is 0 Å². The first-order chi connectivity index (χ1) is 9.61. The van der Waals surface area contributed by atoms with Gasteiger partial charge in [0.1, 0.15) is 0 Å². The van der Waals surface area contributed by atoms with Gasteiger partial charge in [-0.15, -0.1) is 11.3 Å². The third-order valence-electron chi connectivity index (χ3n) is 3.05. The maximum absolute atomic E-state index is 3.68. The van der Waals surface area contributed by atoms with Gasteiger partial charge in [-0.1, -0.05) is 38.8 Å². The second-order valence-electron chi connectivity index (χ2n) is 4.57. The van der Waals surface area contributed by atoms with E-state index in [1.165, 1.54) is 14.9 Å². The van der Waals surface area contributed by atoms with E-state index >= 15 is 0 Å². The zero-order valence-corrected chi connectivity index (χ0v) is 16.7. The summed E-state index contributed by atoms with van der Waals surface area (Å²) in [4.78, 5) is 1.38. The van der Waals surface area contributed by atoms with Crippen LogP contribution in [-0.2, 0) is 6.42 Å². The van der Waals surface area contributed by atoms with E-state index in [0.717, 1.165) is 28.3 Å². The number of hydrogen-bond acceptors (Lipinski definition) is 2. The number of rotatable bonds is 6. The van der Waals surface area contributed by atoms with E-state index in [1.54, 1.807) is 11.3 Å². The molecule has 20 heavy (non-hydrogen) atoms. The first kappa shape index (κ1) is 16.7. The topological polar surface area (TPSA) is 12.0 Å². The summed E-state index contributed by atoms with van der Waals surface area (Å²) in [7, 11) is 0. The second kappa shape index (κ2) is 8.08. The molecule has 1 N–H and O–H groups in total. The van der Waals surface area contributed by atoms with Crippen LogP contribution in [0, 0.1) is 0 Å². The summed E-state index contributed by atoms with van der Waals surface area (Å²) in [5.41, 5.74) is 1.30. The van der Waals surface area contributed by atoms with Crippen molar-refractivity contribution in [2.45, 2.75) is 25.8 Å². The molecule has 1 aromatic heterocycles. The highest BCUT2D eigenvalue weighted by Crippen LogP contribution is 2.32. The lowest BCUT2D eigenvalue weighted by atomic mass is 10.0. The Morgan fingerprint density at radius 2 is 1.95 bits per heavy atom. The normalized spacial score (nSPS) is 12.6. The molecule has 0 aliphatic rings. The molecule has 1 atom stereocenters. The highest BCUT2D eigenvalue weighted by Gasteiger charge is 2.17. The number of thiophene rings is 1. The fraction of sp³-hybridized carbons (Fsp3) is 0.333. The first-order valence-electron chi connectivity index (χ1n) is 6.52. The predicted molar refractivity (Wildman–Crippen MR) is 98.6 cm³/mol. The van der Waals surface area contributed by atoms with Crippen LogP contribution in [0.25, 0.3) is 0 Å². The summed E-state index contributed by atoms with van der Waals surface area (Å²) in [6, 6.07) is 8.79. The number of nitrogens with one attached hydrogen (secondary N) is 1. The average Bonchev–Trinajstić information content (AvgIpc) is 2.83. The van der Waals surface area contributed by atoms with Gasteiger partial charge in [-0.25, -0.2) is 0 Å². The number of halogens is 3. The van der Waals surface area contributed by atoms with Crippen molar-refractivity contribution in [1.82, 2.24) is 5.32 Å². The van der Waals surface area contributed by atoms with Crippen LogP contribution in [0.3, 0.4) is 0 Å². The van der Waals surface area contributed by atoms with Crippen molar-refractivity contribution in [3.05, 3.63) is 53.5 Å². The van der Waals surface area contributed by atoms with Crippen molar-refractivity contribution in [2.75, 3.05) is 6.54 Å². The number of hydrogen-bond donors (Lipinski definition) is 1. The van der Waals surface area contributed by atoms with E-state index in [9.17, 15) is 0 Å². The smallest absolute Gasteiger partial charge is 0.0380 e. The largest absolute Gasteiger partial charge is 0.310 e. The van der Waals surface area contributed by atoms with Crippen LogP contribution in [-0.4, -0.2) is 6.54 Å². The molecular formula is C15H16Br3NS. The van der Waals surface area contributed by atoms with Crippen molar-refractivity contribution in [1.29, 1.82) is 0 Å². The molecule has 0 saturated heterocycles. The van der Waals surface area contributed by atoms with Gasteiger partial charge in [0.2, 0.25) is 0 Å². The van der Waals surface area contributed by atoms with Gasteiger partial charge in [-0.3, -0.25) is 0 Å². The van der Waals surface area contributed by atoms with Gasteiger partial charge in [-0.05, 0) is 64.1 Å². The molecule has 0 aliphatic carbocycles. The zero-order chi connectivity index (χ0) is 14.5. The molecule has 0 aliphatic heterocycles. The van der Waals surface area contributed by atoms with Crippen LogP contribution in [0.15, 0.2) is 43.1 Å². The summed E-state index contributed by atoms with van der Waals surface area (Å²) in [5.74, 6) is 0. The minimum Gasteiger partial charge on any atom is -0.310 e. The van der Waals surface area contributed by atoms with Crippen LogP contribution in [0.4, 0.5) is 0 Å². The predicted octanol–water partition coefficient (Wildman–Crippen LogP) is 6.32. The van der Waals surface area contributed by atoms with Crippen molar-refractivity contribution in [3.63, 3.8) is 0 Å². The van der Waals surface area contributed by atoms with Crippen molar-refractivity contribution >= 4 is 59.1 Å². The van der Waals surface area contributed by atoms with E-state index < -0.39 is 0 Å². The standard InChI is InChI=1S/C15H16Br3NS/c1-2-6-19-14(9-15-13(18)5-7-20-15)11-8-10(16)3-4-12(11)17/h3-5,7-8,14,19H,2,6,9H2,1H3. The third kappa shape index (κ3) is 4.41. The molecule has 0 bridgehead atoms. The van der Waals surface area contributed by atoms with Gasteiger partial charge in [-0.2, -0.15) is 0 Å². The molecule has 1 nitrogen and oxygen atoms in total. The maximum atomic E-state index is 3.68. The molecule has 1 unspecified atom stereocenters. The summed E-state index contributed by atoms with van der Waals surface area (Å²) in [5, 5.41) is 5.79. The number of benzene rings is 1. The Bertz CT molecular complexity index is 568. The fourth-order valence-electron chi connectivity index (χ4n) is 2.05. The Hall–Kier alpha value is 0.320. The van der Waals surface area contributed by atoms with Crippen LogP contribution < -0.4 is 5.32 Å². The molecule has 2 aromatic rings. The molecule has 0 radical (unpaired) electrons. The van der Waals surface area contributed by atoms with Gasteiger partial charge >= 0.3 is 0 Å². The molecule has 0 fully saturated rings. The molecule has 1 aromatic carbocycles. The Morgan fingerprint density at radius 3 is 2.60 bits per heavy atom. The zero-order valence-electron chi connectivity index (χ0n) is 11.1. The fourth-order valence-corrected chi connectivity index (χ4v) is 4.51. The van der Waals surface area contributed by atoms with Crippen molar-refractivity contribution < 1.29 is 0 Å². The Morgan fingerprint density at radius 1 is 1.15 bits per heavy atom. The lowest BCUT2D eigenvalue weighted by Crippen LogP contribution is -2.24. The molecule has 1 heterocycles. The van der Waals surface area contributed by atoms with Crippen LogP contribution in [0.1, 0.15) is 29.8 Å². The lowest BCUT2D eigenvalue weighted by Gasteiger charge is -2.20. The second-order valence-corrected chi connectivity index (χ2v) is 8.19. The van der Waals surface area contributed by atoms with Gasteiger partial charge < -0.3 is 5.32 Å². The Balaban J connectivity index is 2.27. The van der Waals surface area contributed by atoms with E-state index in [4.69, 9.17) is 0 Å². The average molecular weight is 482 g/mol. The summed E-state index contributed by atoms with van der Waals surface area (Å²) in [6.07, 6.45) is 2.13. The van der Waals surface area contributed by atoms with Gasteiger partial charge in [0.15, 0.2) is 0 Å². The monoisotopic (exact) mass is 479 g/mol.